The molecule has 1 aromatic rings. The van der Waals surface area contributed by atoms with Crippen molar-refractivity contribution in [3.8, 4) is 0 Å². The zero-order valence-corrected chi connectivity index (χ0v) is 14.2. The zero-order chi connectivity index (χ0) is 16.5. The lowest BCUT2D eigenvalue weighted by Gasteiger charge is -2.32. The van der Waals surface area contributed by atoms with Crippen molar-refractivity contribution in [2.75, 3.05) is 5.75 Å². The molecule has 1 fully saturated rings. The summed E-state index contributed by atoms with van der Waals surface area (Å²) >= 11 is 4.30. The Bertz CT molecular complexity index is 557. The van der Waals surface area contributed by atoms with Crippen molar-refractivity contribution in [3.05, 3.63) is 40.9 Å². The highest BCUT2D eigenvalue weighted by Gasteiger charge is 2.52. The van der Waals surface area contributed by atoms with Crippen LogP contribution in [0.1, 0.15) is 45.2 Å². The Hall–Kier alpha value is -0.845. The molecule has 0 radical (unpaired) electrons. The second-order valence-corrected chi connectivity index (χ2v) is 6.71. The van der Waals surface area contributed by atoms with E-state index in [0.29, 0.717) is 11.3 Å². The fourth-order valence-corrected chi connectivity index (χ4v) is 2.46. The average molecular weight is 326 g/mol. The second kappa shape index (κ2) is 6.34. The van der Waals surface area contributed by atoms with Crippen LogP contribution in [-0.4, -0.2) is 24.1 Å². The molecule has 22 heavy (non-hydrogen) atoms. The molecular weight excluding hydrogens is 305 g/mol. The fourth-order valence-electron chi connectivity index (χ4n) is 2.22. The first-order valence-corrected chi connectivity index (χ1v) is 7.85. The van der Waals surface area contributed by atoms with Gasteiger partial charge in [0.2, 0.25) is 0 Å². The molecule has 1 saturated heterocycles. The third-order valence-electron chi connectivity index (χ3n) is 4.31. The summed E-state index contributed by atoms with van der Waals surface area (Å²) in [6.07, 6.45) is -0.830. The molecule has 1 aromatic carbocycles. The van der Waals surface area contributed by atoms with Crippen molar-refractivity contribution in [1.29, 1.82) is 0 Å². The first-order chi connectivity index (χ1) is 10.2. The summed E-state index contributed by atoms with van der Waals surface area (Å²) in [6, 6.07) is 6.43. The summed E-state index contributed by atoms with van der Waals surface area (Å²) in [6.45, 7) is 7.82. The molecule has 0 aromatic heterocycles. The van der Waals surface area contributed by atoms with Crippen molar-refractivity contribution in [2.24, 2.45) is 0 Å². The van der Waals surface area contributed by atoms with Crippen molar-refractivity contribution in [3.63, 3.8) is 0 Å². The highest BCUT2D eigenvalue weighted by Crippen LogP contribution is 2.39. The molecule has 0 saturated carbocycles. The van der Waals surface area contributed by atoms with Crippen molar-refractivity contribution in [2.45, 2.75) is 45.3 Å². The molecule has 2 nitrogen and oxygen atoms in total. The van der Waals surface area contributed by atoms with E-state index in [0.717, 1.165) is 5.47 Å². The van der Waals surface area contributed by atoms with E-state index in [-0.39, 0.29) is 5.56 Å². The van der Waals surface area contributed by atoms with Gasteiger partial charge < -0.3 is 9.31 Å². The number of rotatable bonds is 4. The van der Waals surface area contributed by atoms with Gasteiger partial charge in [0.25, 0.3) is 6.43 Å². The summed E-state index contributed by atoms with van der Waals surface area (Å²) in [5.74, 6) is 0.369. The lowest BCUT2D eigenvalue weighted by Crippen LogP contribution is -2.41. The summed E-state index contributed by atoms with van der Waals surface area (Å²) in [4.78, 5) is 0. The van der Waals surface area contributed by atoms with E-state index in [1.807, 2.05) is 27.7 Å². The Balaban J connectivity index is 2.34. The molecule has 1 heterocycles. The normalized spacial score (nSPS) is 20.7. The van der Waals surface area contributed by atoms with Crippen LogP contribution in [0.25, 0.3) is 6.08 Å². The predicted octanol–water partition coefficient (Wildman–Crippen LogP) is 4.57. The summed E-state index contributed by atoms with van der Waals surface area (Å²) < 4.78 is 38.1. The Labute approximate surface area is 136 Å². The molecule has 0 N–H and O–H groups in total. The average Bonchev–Trinajstić information content (AvgIpc) is 2.64. The van der Waals surface area contributed by atoms with Gasteiger partial charge in [-0.2, -0.15) is 12.6 Å². The molecule has 0 bridgehead atoms. The van der Waals surface area contributed by atoms with Crippen LogP contribution in [0, 0.1) is 0 Å². The largest absolute Gasteiger partial charge is 0.491 e. The summed E-state index contributed by atoms with van der Waals surface area (Å²) in [5.41, 5.74) is 0.258. The van der Waals surface area contributed by atoms with Gasteiger partial charge in [-0.1, -0.05) is 30.3 Å². The molecule has 120 valence electrons. The Morgan fingerprint density at radius 1 is 1.18 bits per heavy atom. The molecular formula is C16H21BF2O2S. The fraction of sp³-hybridized carbons (Fsp3) is 0.500. The van der Waals surface area contributed by atoms with Gasteiger partial charge in [-0.05, 0) is 38.7 Å². The lowest BCUT2D eigenvalue weighted by atomic mass is 9.78. The van der Waals surface area contributed by atoms with Crippen LogP contribution in [0.15, 0.2) is 29.7 Å². The maximum atomic E-state index is 13.1. The molecule has 0 aliphatic carbocycles. The first-order valence-electron chi connectivity index (χ1n) is 7.22. The van der Waals surface area contributed by atoms with Crippen LogP contribution >= 0.6 is 12.6 Å². The smallest absolute Gasteiger partial charge is 0.400 e. The van der Waals surface area contributed by atoms with E-state index in [9.17, 15) is 8.78 Å². The minimum absolute atomic E-state index is 0.00157. The van der Waals surface area contributed by atoms with E-state index < -0.39 is 24.7 Å². The van der Waals surface area contributed by atoms with Crippen LogP contribution < -0.4 is 0 Å². The van der Waals surface area contributed by atoms with E-state index in [2.05, 4.69) is 12.6 Å². The zero-order valence-electron chi connectivity index (χ0n) is 13.3. The Morgan fingerprint density at radius 2 is 1.73 bits per heavy atom. The number of thiol groups is 1. The van der Waals surface area contributed by atoms with Gasteiger partial charge in [0.15, 0.2) is 0 Å². The molecule has 2 rings (SSSR count). The molecule has 0 amide bonds. The van der Waals surface area contributed by atoms with Gasteiger partial charge in [-0.3, -0.25) is 0 Å². The Kier molecular flexibility index (Phi) is 5.04. The highest BCUT2D eigenvalue weighted by molar-refractivity contribution is 7.80. The topological polar surface area (TPSA) is 18.5 Å². The number of alkyl halides is 2. The minimum Gasteiger partial charge on any atom is -0.400 e. The number of benzene rings is 1. The first kappa shape index (κ1) is 17.5. The van der Waals surface area contributed by atoms with E-state index in [1.54, 1.807) is 24.3 Å². The highest BCUT2D eigenvalue weighted by atomic mass is 32.1. The van der Waals surface area contributed by atoms with Crippen LogP contribution in [0.5, 0.6) is 0 Å². The van der Waals surface area contributed by atoms with Crippen molar-refractivity contribution < 1.29 is 18.1 Å². The molecule has 6 heteroatoms. The van der Waals surface area contributed by atoms with Gasteiger partial charge >= 0.3 is 7.12 Å². The molecule has 0 unspecified atom stereocenters. The van der Waals surface area contributed by atoms with Gasteiger partial charge in [-0.15, -0.1) is 0 Å². The van der Waals surface area contributed by atoms with Gasteiger partial charge in [0, 0.05) is 11.3 Å². The minimum atomic E-state index is -2.52. The third-order valence-corrected chi connectivity index (χ3v) is 4.68. The van der Waals surface area contributed by atoms with E-state index in [1.165, 1.54) is 6.07 Å². The monoisotopic (exact) mass is 326 g/mol. The van der Waals surface area contributed by atoms with Gasteiger partial charge in [0.1, 0.15) is 0 Å². The standard InChI is InChI=1S/C16H21BF2O2S/c1-15(2)16(3,4)21-17(20-15)12(10-22)9-11-7-5-6-8-13(11)14(18)19/h5-9,14,22H,10H2,1-4H3. The van der Waals surface area contributed by atoms with Gasteiger partial charge in [-0.25, -0.2) is 8.78 Å². The SMILES string of the molecule is CC1(C)OB(C(=Cc2ccccc2C(F)F)CS)OC1(C)C. The molecule has 0 spiro atoms. The Morgan fingerprint density at radius 3 is 2.23 bits per heavy atom. The van der Waals surface area contributed by atoms with Crippen LogP contribution in [0.2, 0.25) is 0 Å². The predicted molar refractivity (Wildman–Crippen MR) is 89.3 cm³/mol. The van der Waals surface area contributed by atoms with Crippen LogP contribution in [0.3, 0.4) is 0 Å². The van der Waals surface area contributed by atoms with Crippen LogP contribution in [0.4, 0.5) is 8.78 Å². The maximum Gasteiger partial charge on any atom is 0.491 e. The summed E-state index contributed by atoms with van der Waals surface area (Å²) in [5, 5.41) is 0. The molecule has 0 atom stereocenters. The van der Waals surface area contributed by atoms with Crippen LogP contribution in [-0.2, 0) is 9.31 Å². The van der Waals surface area contributed by atoms with Crippen molar-refractivity contribution in [1.82, 2.24) is 0 Å². The lowest BCUT2D eigenvalue weighted by molar-refractivity contribution is 0.00578. The van der Waals surface area contributed by atoms with Gasteiger partial charge in [0.05, 0.1) is 11.2 Å². The second-order valence-electron chi connectivity index (χ2n) is 6.40. The molecule has 1 aliphatic rings. The molecule has 1 aliphatic heterocycles. The van der Waals surface area contributed by atoms with Crippen molar-refractivity contribution >= 4 is 25.8 Å². The third kappa shape index (κ3) is 3.39. The van der Waals surface area contributed by atoms with E-state index >= 15 is 0 Å². The number of halogens is 2. The summed E-state index contributed by atoms with van der Waals surface area (Å²) in [7, 11) is -0.576. The maximum absolute atomic E-state index is 13.1. The quantitative estimate of drug-likeness (QED) is 0.645. The number of hydrogen-bond acceptors (Lipinski definition) is 3. The number of hydrogen-bond donors (Lipinski definition) is 1. The van der Waals surface area contributed by atoms with E-state index in [4.69, 9.17) is 9.31 Å².